The van der Waals surface area contributed by atoms with Crippen molar-refractivity contribution in [3.8, 4) is 5.69 Å². The number of nitrogens with zero attached hydrogens (tertiary/aromatic N) is 8. The Balaban J connectivity index is 0.00000242. The van der Waals surface area contributed by atoms with Crippen molar-refractivity contribution in [2.24, 2.45) is 0 Å². The maximum atomic E-state index is 13.8. The highest BCUT2D eigenvalue weighted by atomic mass is 35.5. The molecule has 0 bridgehead atoms. The van der Waals surface area contributed by atoms with E-state index in [0.717, 1.165) is 48.5 Å². The van der Waals surface area contributed by atoms with E-state index in [1.165, 1.54) is 4.68 Å². The monoisotopic (exact) mass is 627 g/mol. The Hall–Kier alpha value is -3.10. The number of tetrazole rings is 1. The van der Waals surface area contributed by atoms with Gasteiger partial charge in [-0.15, -0.1) is 35.0 Å². The summed E-state index contributed by atoms with van der Waals surface area (Å²) in [6.07, 6.45) is -3.11. The van der Waals surface area contributed by atoms with Gasteiger partial charge in [-0.05, 0) is 80.2 Å². The molecule has 1 aliphatic heterocycles. The molecule has 0 saturated carbocycles. The van der Waals surface area contributed by atoms with E-state index >= 15 is 0 Å². The average Bonchev–Trinajstić information content (AvgIpc) is 3.55. The van der Waals surface area contributed by atoms with Crippen LogP contribution in [0.15, 0.2) is 48.5 Å². The molecule has 0 amide bonds. The number of aromatic nitrogens is 7. The van der Waals surface area contributed by atoms with Crippen molar-refractivity contribution in [3.05, 3.63) is 82.4 Å². The highest BCUT2D eigenvalue weighted by molar-refractivity contribution is 5.85. The third kappa shape index (κ3) is 7.84. The van der Waals surface area contributed by atoms with Crippen LogP contribution in [0.3, 0.4) is 0 Å². The van der Waals surface area contributed by atoms with Gasteiger partial charge in [-0.2, -0.15) is 17.9 Å². The fraction of sp³-hybridized carbons (Fsp3) is 0.444. The molecule has 1 fully saturated rings. The lowest BCUT2D eigenvalue weighted by Gasteiger charge is -2.41. The smallest absolute Gasteiger partial charge is 0.372 e. The first-order valence-electron chi connectivity index (χ1n) is 13.1. The van der Waals surface area contributed by atoms with Crippen LogP contribution in [0.25, 0.3) is 5.69 Å². The number of piperidine rings is 1. The zero-order chi connectivity index (χ0) is 28.3. The summed E-state index contributed by atoms with van der Waals surface area (Å²) in [5.41, 5.74) is 2.76. The molecule has 1 N–H and O–H groups in total. The van der Waals surface area contributed by atoms with Gasteiger partial charge in [0.2, 0.25) is 0 Å². The lowest BCUT2D eigenvalue weighted by atomic mass is 9.92. The highest BCUT2D eigenvalue weighted by Gasteiger charge is 2.35. The molecule has 10 nitrogen and oxygen atoms in total. The highest BCUT2D eigenvalue weighted by Crippen LogP contribution is 2.36. The number of rotatable bonds is 9. The van der Waals surface area contributed by atoms with E-state index in [2.05, 4.69) is 52.9 Å². The van der Waals surface area contributed by atoms with Crippen LogP contribution in [0.2, 0.25) is 0 Å². The van der Waals surface area contributed by atoms with Gasteiger partial charge in [0.15, 0.2) is 5.82 Å². The summed E-state index contributed by atoms with van der Waals surface area (Å²) in [7, 11) is 3.98. The van der Waals surface area contributed by atoms with Crippen LogP contribution in [-0.2, 0) is 30.6 Å². The first-order chi connectivity index (χ1) is 19.2. The lowest BCUT2D eigenvalue weighted by molar-refractivity contribution is -0.137. The van der Waals surface area contributed by atoms with Crippen molar-refractivity contribution in [2.75, 3.05) is 20.6 Å². The molecule has 4 aromatic rings. The van der Waals surface area contributed by atoms with Crippen molar-refractivity contribution in [1.29, 1.82) is 0 Å². The summed E-state index contributed by atoms with van der Waals surface area (Å²) in [6, 6.07) is 13.8. The van der Waals surface area contributed by atoms with E-state index in [1.54, 1.807) is 13.0 Å². The van der Waals surface area contributed by atoms with Crippen LogP contribution in [0, 0.1) is 6.92 Å². The molecule has 42 heavy (non-hydrogen) atoms. The van der Waals surface area contributed by atoms with Crippen molar-refractivity contribution < 1.29 is 17.9 Å². The van der Waals surface area contributed by atoms with Crippen LogP contribution in [-0.4, -0.2) is 72.2 Å². The van der Waals surface area contributed by atoms with Gasteiger partial charge in [0, 0.05) is 13.1 Å². The number of hydrogen-bond acceptors (Lipinski definition) is 8. The SMILES string of the molecule is Cc1nnnn1-c1cc(COC2CCCN(Cc3nn[nH]c3CN(C)C)C2c2ccccc2)cc(C(F)(F)F)c1.Cl.Cl. The van der Waals surface area contributed by atoms with Gasteiger partial charge in [-0.3, -0.25) is 10.00 Å². The standard InChI is InChI=1S/C27H32F3N9O.2ClH/c1-18-31-35-36-39(18)22-13-19(12-21(14-22)27(28,29)30)17-40-25-10-7-11-38(26(25)20-8-5-4-6-9-20)16-24-23(15-37(2)3)32-34-33-24;;/h4-6,8-9,12-14,25-26H,7,10-11,15-17H2,1-3H3,(H,32,33,34);2*1H. The molecule has 228 valence electrons. The van der Waals surface area contributed by atoms with Crippen molar-refractivity contribution in [1.82, 2.24) is 45.4 Å². The van der Waals surface area contributed by atoms with Crippen LogP contribution in [0.1, 0.15) is 52.8 Å². The Kier molecular flexibility index (Phi) is 11.4. The maximum absolute atomic E-state index is 13.8. The van der Waals surface area contributed by atoms with Gasteiger partial charge in [0.05, 0.1) is 35.7 Å². The average molecular weight is 629 g/mol. The zero-order valence-electron chi connectivity index (χ0n) is 23.5. The minimum atomic E-state index is -4.53. The van der Waals surface area contributed by atoms with Gasteiger partial charge in [0.25, 0.3) is 0 Å². The predicted molar refractivity (Wildman–Crippen MR) is 155 cm³/mol. The summed E-state index contributed by atoms with van der Waals surface area (Å²) < 4.78 is 49.1. The quantitative estimate of drug-likeness (QED) is 0.279. The Bertz CT molecular complexity index is 1420. The second kappa shape index (κ2) is 14.4. The fourth-order valence-corrected chi connectivity index (χ4v) is 5.20. The molecule has 1 saturated heterocycles. The minimum Gasteiger partial charge on any atom is -0.372 e. The lowest BCUT2D eigenvalue weighted by Crippen LogP contribution is -2.42. The normalized spacial score (nSPS) is 17.6. The number of aryl methyl sites for hydroxylation is 1. The van der Waals surface area contributed by atoms with E-state index in [0.29, 0.717) is 24.5 Å². The van der Waals surface area contributed by atoms with E-state index in [-0.39, 0.29) is 49.3 Å². The summed E-state index contributed by atoms with van der Waals surface area (Å²) in [4.78, 5) is 4.37. The van der Waals surface area contributed by atoms with Gasteiger partial charge in [0.1, 0.15) is 5.69 Å². The minimum absolute atomic E-state index is 0. The molecular formula is C27H34Cl2F3N9O. The molecule has 3 heterocycles. The number of H-pyrrole nitrogens is 1. The number of likely N-dealkylation sites (tertiary alicyclic amines) is 1. The zero-order valence-corrected chi connectivity index (χ0v) is 25.1. The number of nitrogens with one attached hydrogen (secondary N) is 1. The molecule has 2 aromatic heterocycles. The Morgan fingerprint density at radius 1 is 1.07 bits per heavy atom. The topological polar surface area (TPSA) is 101 Å². The van der Waals surface area contributed by atoms with Crippen molar-refractivity contribution in [2.45, 2.75) is 57.8 Å². The number of hydrogen-bond donors (Lipinski definition) is 1. The largest absolute Gasteiger partial charge is 0.416 e. The summed E-state index contributed by atoms with van der Waals surface area (Å²) in [5.74, 6) is 0.389. The van der Waals surface area contributed by atoms with Crippen molar-refractivity contribution in [3.63, 3.8) is 0 Å². The van der Waals surface area contributed by atoms with E-state index < -0.39 is 11.7 Å². The molecule has 5 rings (SSSR count). The van der Waals surface area contributed by atoms with Crippen LogP contribution in [0.4, 0.5) is 13.2 Å². The van der Waals surface area contributed by atoms with Crippen LogP contribution < -0.4 is 0 Å². The summed E-state index contributed by atoms with van der Waals surface area (Å²) >= 11 is 0. The molecule has 1 aliphatic rings. The second-order valence-corrected chi connectivity index (χ2v) is 10.3. The first-order valence-corrected chi connectivity index (χ1v) is 13.1. The predicted octanol–water partition coefficient (Wildman–Crippen LogP) is 4.94. The van der Waals surface area contributed by atoms with E-state index in [4.69, 9.17) is 4.74 Å². The molecule has 2 aromatic carbocycles. The first kappa shape index (κ1) is 33.4. The summed E-state index contributed by atoms with van der Waals surface area (Å²) in [5, 5.41) is 22.6. The number of halogens is 5. The molecule has 0 aliphatic carbocycles. The van der Waals surface area contributed by atoms with Gasteiger partial charge in [-0.1, -0.05) is 35.5 Å². The second-order valence-electron chi connectivity index (χ2n) is 10.3. The van der Waals surface area contributed by atoms with Crippen molar-refractivity contribution >= 4 is 24.8 Å². The van der Waals surface area contributed by atoms with Crippen LogP contribution >= 0.6 is 24.8 Å². The third-order valence-electron chi connectivity index (χ3n) is 6.99. The van der Waals surface area contributed by atoms with Gasteiger partial charge < -0.3 is 9.64 Å². The van der Waals surface area contributed by atoms with E-state index in [1.807, 2.05) is 32.3 Å². The van der Waals surface area contributed by atoms with Gasteiger partial charge >= 0.3 is 6.18 Å². The Labute approximate surface area is 254 Å². The molecule has 0 spiro atoms. The number of aromatic amines is 1. The Morgan fingerprint density at radius 2 is 1.83 bits per heavy atom. The van der Waals surface area contributed by atoms with Gasteiger partial charge in [-0.25, -0.2) is 0 Å². The number of benzene rings is 2. The molecule has 2 atom stereocenters. The fourth-order valence-electron chi connectivity index (χ4n) is 5.20. The summed E-state index contributed by atoms with van der Waals surface area (Å²) in [6.45, 7) is 3.74. The molecule has 2 unspecified atom stereocenters. The Morgan fingerprint density at radius 3 is 2.50 bits per heavy atom. The van der Waals surface area contributed by atoms with Crippen LogP contribution in [0.5, 0.6) is 0 Å². The molecule has 0 radical (unpaired) electrons. The van der Waals surface area contributed by atoms with E-state index in [9.17, 15) is 13.2 Å². The molecule has 15 heteroatoms. The number of alkyl halides is 3. The number of ether oxygens (including phenoxy) is 1. The molecular weight excluding hydrogens is 594 g/mol. The maximum Gasteiger partial charge on any atom is 0.416 e. The third-order valence-corrected chi connectivity index (χ3v) is 6.99.